The molecule has 0 aromatic heterocycles. The minimum absolute atomic E-state index is 0.0626. The standard InChI is InChI=1S/C26H38O4/c1-5-23(28)30-14-6-11-26(29)13-10-21-20-8-7-18-16-19(27)15-17(2)25(18,4)22(20)9-12-24(21,26)3/h17-18,20-22,29H,5,7-10,12-16H2,1-4H3/t17-,18-,20-,21-,22-,24-,25-,26-/m0/s1. The number of hydrogen-bond donors (Lipinski definition) is 1. The second-order valence-electron chi connectivity index (χ2n) is 11.0. The molecule has 166 valence electrons. The third kappa shape index (κ3) is 3.15. The summed E-state index contributed by atoms with van der Waals surface area (Å²) in [5.41, 5.74) is -0.946. The molecular weight excluding hydrogens is 376 g/mol. The summed E-state index contributed by atoms with van der Waals surface area (Å²) in [7, 11) is 0. The predicted molar refractivity (Wildman–Crippen MR) is 115 cm³/mol. The van der Waals surface area contributed by atoms with Crippen LogP contribution in [-0.4, -0.2) is 29.1 Å². The lowest BCUT2D eigenvalue weighted by Gasteiger charge is -2.62. The summed E-state index contributed by atoms with van der Waals surface area (Å²) in [5.74, 6) is 9.03. The van der Waals surface area contributed by atoms with Crippen LogP contribution < -0.4 is 0 Å². The third-order valence-electron chi connectivity index (χ3n) is 10.1. The van der Waals surface area contributed by atoms with Gasteiger partial charge in [0.15, 0.2) is 6.61 Å². The van der Waals surface area contributed by atoms with E-state index >= 15 is 0 Å². The Morgan fingerprint density at radius 2 is 1.87 bits per heavy atom. The molecule has 30 heavy (non-hydrogen) atoms. The van der Waals surface area contributed by atoms with Gasteiger partial charge < -0.3 is 9.84 Å². The van der Waals surface area contributed by atoms with Crippen LogP contribution in [0.2, 0.25) is 0 Å². The van der Waals surface area contributed by atoms with Crippen molar-refractivity contribution in [1.82, 2.24) is 0 Å². The number of carbonyl (C=O) groups excluding carboxylic acids is 2. The summed E-state index contributed by atoms with van der Waals surface area (Å²) in [6.07, 6.45) is 8.03. The molecule has 0 heterocycles. The molecule has 0 aromatic rings. The lowest BCUT2D eigenvalue weighted by molar-refractivity contribution is -0.160. The first kappa shape index (κ1) is 21.9. The van der Waals surface area contributed by atoms with Crippen LogP contribution in [0.5, 0.6) is 0 Å². The molecular formula is C26H38O4. The van der Waals surface area contributed by atoms with Gasteiger partial charge in [0.2, 0.25) is 0 Å². The fraction of sp³-hybridized carbons (Fsp3) is 0.846. The normalized spacial score (nSPS) is 47.4. The van der Waals surface area contributed by atoms with Crippen LogP contribution in [0.15, 0.2) is 0 Å². The van der Waals surface area contributed by atoms with Gasteiger partial charge >= 0.3 is 5.97 Å². The maximum absolute atomic E-state index is 12.3. The van der Waals surface area contributed by atoms with E-state index in [1.807, 2.05) is 0 Å². The van der Waals surface area contributed by atoms with Crippen LogP contribution >= 0.6 is 0 Å². The highest BCUT2D eigenvalue weighted by Gasteiger charge is 2.65. The van der Waals surface area contributed by atoms with Crippen LogP contribution in [0.25, 0.3) is 0 Å². The average Bonchev–Trinajstić information content (AvgIpc) is 2.97. The highest BCUT2D eigenvalue weighted by Crippen LogP contribution is 2.68. The van der Waals surface area contributed by atoms with Gasteiger partial charge in [-0.15, -0.1) is 0 Å². The molecule has 4 fully saturated rings. The van der Waals surface area contributed by atoms with Crippen molar-refractivity contribution < 1.29 is 19.4 Å². The number of Topliss-reactive ketones (excluding diaryl/α,β-unsaturated/α-hetero) is 1. The number of ketones is 1. The summed E-state index contributed by atoms with van der Waals surface area (Å²) in [6.45, 7) is 8.84. The monoisotopic (exact) mass is 414 g/mol. The first-order valence-electron chi connectivity index (χ1n) is 12.1. The number of carbonyl (C=O) groups is 2. The highest BCUT2D eigenvalue weighted by atomic mass is 16.5. The van der Waals surface area contributed by atoms with E-state index in [0.717, 1.165) is 38.5 Å². The van der Waals surface area contributed by atoms with E-state index < -0.39 is 5.60 Å². The molecule has 0 saturated heterocycles. The Morgan fingerprint density at radius 1 is 1.13 bits per heavy atom. The molecule has 0 aliphatic heterocycles. The van der Waals surface area contributed by atoms with Gasteiger partial charge in [-0.1, -0.05) is 39.5 Å². The number of rotatable bonds is 2. The first-order valence-corrected chi connectivity index (χ1v) is 12.1. The molecule has 4 aliphatic carbocycles. The van der Waals surface area contributed by atoms with Crippen molar-refractivity contribution in [3.8, 4) is 11.8 Å². The van der Waals surface area contributed by atoms with Crippen molar-refractivity contribution in [2.75, 3.05) is 6.61 Å². The van der Waals surface area contributed by atoms with Gasteiger partial charge in [0.1, 0.15) is 11.4 Å². The molecule has 4 saturated carbocycles. The van der Waals surface area contributed by atoms with Gasteiger partial charge in [0, 0.05) is 24.7 Å². The molecule has 0 unspecified atom stereocenters. The molecule has 4 nitrogen and oxygen atoms in total. The van der Waals surface area contributed by atoms with Crippen LogP contribution in [0, 0.1) is 52.3 Å². The van der Waals surface area contributed by atoms with Gasteiger partial charge in [0.05, 0.1) is 0 Å². The lowest BCUT2D eigenvalue weighted by Crippen LogP contribution is -2.58. The quantitative estimate of drug-likeness (QED) is 0.533. The smallest absolute Gasteiger partial charge is 0.306 e. The van der Waals surface area contributed by atoms with Gasteiger partial charge in [0.25, 0.3) is 0 Å². The Bertz CT molecular complexity index is 778. The second-order valence-corrected chi connectivity index (χ2v) is 11.0. The van der Waals surface area contributed by atoms with Crippen LogP contribution in [0.3, 0.4) is 0 Å². The largest absolute Gasteiger partial charge is 0.452 e. The van der Waals surface area contributed by atoms with Crippen molar-refractivity contribution in [1.29, 1.82) is 0 Å². The van der Waals surface area contributed by atoms with E-state index in [2.05, 4.69) is 32.6 Å². The zero-order valence-electron chi connectivity index (χ0n) is 19.1. The van der Waals surface area contributed by atoms with Crippen LogP contribution in [0.1, 0.15) is 85.5 Å². The fourth-order valence-corrected chi connectivity index (χ4v) is 8.10. The van der Waals surface area contributed by atoms with E-state index in [4.69, 9.17) is 4.74 Å². The van der Waals surface area contributed by atoms with Crippen molar-refractivity contribution in [2.45, 2.75) is 91.1 Å². The zero-order chi connectivity index (χ0) is 21.7. The molecule has 0 amide bonds. The average molecular weight is 415 g/mol. The Morgan fingerprint density at radius 3 is 2.60 bits per heavy atom. The number of aliphatic hydroxyl groups is 1. The van der Waals surface area contributed by atoms with E-state index in [1.165, 1.54) is 6.42 Å². The molecule has 1 N–H and O–H groups in total. The Hall–Kier alpha value is -1.34. The topological polar surface area (TPSA) is 63.6 Å². The van der Waals surface area contributed by atoms with Crippen molar-refractivity contribution in [3.63, 3.8) is 0 Å². The second kappa shape index (κ2) is 7.66. The predicted octanol–water partition coefficient (Wildman–Crippen LogP) is 4.53. The van der Waals surface area contributed by atoms with Crippen molar-refractivity contribution >= 4 is 11.8 Å². The Kier molecular flexibility index (Phi) is 5.59. The van der Waals surface area contributed by atoms with Gasteiger partial charge in [-0.3, -0.25) is 9.59 Å². The lowest BCUT2D eigenvalue weighted by atomic mass is 9.42. The zero-order valence-corrected chi connectivity index (χ0v) is 19.1. The van der Waals surface area contributed by atoms with Gasteiger partial charge in [-0.25, -0.2) is 0 Å². The Balaban J connectivity index is 1.55. The molecule has 4 rings (SSSR count). The third-order valence-corrected chi connectivity index (χ3v) is 10.1. The first-order chi connectivity index (χ1) is 14.2. The molecule has 0 aromatic carbocycles. The molecule has 0 radical (unpaired) electrons. The number of esters is 1. The van der Waals surface area contributed by atoms with Crippen molar-refractivity contribution in [3.05, 3.63) is 0 Å². The van der Waals surface area contributed by atoms with Gasteiger partial charge in [-0.05, 0) is 73.5 Å². The molecule has 0 spiro atoms. The van der Waals surface area contributed by atoms with Crippen LogP contribution in [-0.2, 0) is 14.3 Å². The number of fused-ring (bicyclic) bond motifs is 5. The molecule has 4 aliphatic rings. The van der Waals surface area contributed by atoms with E-state index in [-0.39, 0.29) is 23.4 Å². The highest BCUT2D eigenvalue weighted by molar-refractivity contribution is 5.80. The maximum atomic E-state index is 12.3. The molecule has 8 atom stereocenters. The summed E-state index contributed by atoms with van der Waals surface area (Å²) in [4.78, 5) is 23.6. The summed E-state index contributed by atoms with van der Waals surface area (Å²) in [6, 6.07) is 0. The summed E-state index contributed by atoms with van der Waals surface area (Å²) in [5, 5.41) is 11.6. The minimum Gasteiger partial charge on any atom is -0.452 e. The van der Waals surface area contributed by atoms with Crippen molar-refractivity contribution in [2.24, 2.45) is 40.4 Å². The Labute approximate surface area is 181 Å². The summed E-state index contributed by atoms with van der Waals surface area (Å²) < 4.78 is 5.09. The van der Waals surface area contributed by atoms with E-state index in [9.17, 15) is 14.7 Å². The van der Waals surface area contributed by atoms with Crippen LogP contribution in [0.4, 0.5) is 0 Å². The number of hydrogen-bond acceptors (Lipinski definition) is 4. The fourth-order valence-electron chi connectivity index (χ4n) is 8.10. The summed E-state index contributed by atoms with van der Waals surface area (Å²) >= 11 is 0. The van der Waals surface area contributed by atoms with E-state index in [0.29, 0.717) is 48.2 Å². The SMILES string of the molecule is CCC(=O)OCC#C[C@]1(O)CC[C@H]2[C@@H]3CC[C@H]4CC(=O)C[C@H](C)[C@]4(C)[C@H]3CC[C@@]21C. The minimum atomic E-state index is -0.993. The van der Waals surface area contributed by atoms with Gasteiger partial charge in [-0.2, -0.15) is 0 Å². The molecule has 4 heteroatoms. The number of ether oxygens (including phenoxy) is 1. The molecule has 0 bridgehead atoms. The maximum Gasteiger partial charge on any atom is 0.306 e. The van der Waals surface area contributed by atoms with E-state index in [1.54, 1.807) is 6.92 Å².